The molecule has 0 amide bonds. The highest BCUT2D eigenvalue weighted by Crippen LogP contribution is 2.25. The number of ketones is 1. The van der Waals surface area contributed by atoms with Crippen LogP contribution in [0.25, 0.3) is 0 Å². The van der Waals surface area contributed by atoms with Gasteiger partial charge in [0.1, 0.15) is 11.5 Å². The maximum atomic E-state index is 12.9. The Labute approximate surface area is 137 Å². The molecule has 0 saturated heterocycles. The van der Waals surface area contributed by atoms with Crippen LogP contribution in [-0.2, 0) is 0 Å². The molecule has 2 aromatic rings. The van der Waals surface area contributed by atoms with Gasteiger partial charge in [0.15, 0.2) is 5.78 Å². The van der Waals surface area contributed by atoms with Gasteiger partial charge in [-0.05, 0) is 56.1 Å². The van der Waals surface area contributed by atoms with E-state index in [1.807, 2.05) is 67.5 Å². The Morgan fingerprint density at radius 3 is 1.83 bits per heavy atom. The van der Waals surface area contributed by atoms with E-state index in [0.29, 0.717) is 12.1 Å². The van der Waals surface area contributed by atoms with E-state index in [4.69, 9.17) is 9.47 Å². The van der Waals surface area contributed by atoms with Gasteiger partial charge >= 0.3 is 0 Å². The number of hydrogen-bond acceptors (Lipinski definition) is 4. The van der Waals surface area contributed by atoms with Crippen molar-refractivity contribution in [3.63, 3.8) is 0 Å². The summed E-state index contributed by atoms with van der Waals surface area (Å²) in [7, 11) is 7.19. The van der Waals surface area contributed by atoms with Crippen LogP contribution >= 0.6 is 0 Å². The van der Waals surface area contributed by atoms with Crippen molar-refractivity contribution in [2.45, 2.75) is 5.92 Å². The molecule has 23 heavy (non-hydrogen) atoms. The lowest BCUT2D eigenvalue weighted by molar-refractivity contribution is 0.0944. The average molecular weight is 313 g/mol. The number of carbonyl (C=O) groups is 1. The molecule has 0 bridgehead atoms. The van der Waals surface area contributed by atoms with Gasteiger partial charge in [0.2, 0.25) is 0 Å². The van der Waals surface area contributed by atoms with Crippen LogP contribution in [0.4, 0.5) is 0 Å². The molecule has 0 aliphatic carbocycles. The molecule has 4 heteroatoms. The quantitative estimate of drug-likeness (QED) is 0.736. The molecule has 0 radical (unpaired) electrons. The second kappa shape index (κ2) is 7.79. The fourth-order valence-corrected chi connectivity index (χ4v) is 2.50. The summed E-state index contributed by atoms with van der Waals surface area (Å²) < 4.78 is 10.3. The van der Waals surface area contributed by atoms with Gasteiger partial charge in [-0.15, -0.1) is 0 Å². The Kier molecular flexibility index (Phi) is 5.77. The van der Waals surface area contributed by atoms with Crippen molar-refractivity contribution < 1.29 is 14.3 Å². The molecule has 0 unspecified atom stereocenters. The molecule has 2 rings (SSSR count). The average Bonchev–Trinajstić information content (AvgIpc) is 2.59. The van der Waals surface area contributed by atoms with Gasteiger partial charge in [0.25, 0.3) is 0 Å². The molecule has 0 aliphatic rings. The predicted octanol–water partition coefficient (Wildman–Crippen LogP) is 3.23. The van der Waals surface area contributed by atoms with Gasteiger partial charge in [-0.3, -0.25) is 4.79 Å². The van der Waals surface area contributed by atoms with E-state index in [0.717, 1.165) is 17.1 Å². The van der Waals surface area contributed by atoms with E-state index in [1.54, 1.807) is 14.2 Å². The summed E-state index contributed by atoms with van der Waals surface area (Å²) in [5, 5.41) is 0. The molecule has 0 aromatic heterocycles. The van der Waals surface area contributed by atoms with E-state index in [9.17, 15) is 4.79 Å². The number of Topliss-reactive ketones (excluding diaryl/α,β-unsaturated/α-hetero) is 1. The van der Waals surface area contributed by atoms with Crippen LogP contribution in [0.1, 0.15) is 21.8 Å². The van der Waals surface area contributed by atoms with E-state index in [-0.39, 0.29) is 11.7 Å². The van der Waals surface area contributed by atoms with Crippen LogP contribution in [0.2, 0.25) is 0 Å². The molecule has 2 aromatic carbocycles. The topological polar surface area (TPSA) is 38.8 Å². The first kappa shape index (κ1) is 17.0. The third-order valence-electron chi connectivity index (χ3n) is 3.76. The number of rotatable bonds is 7. The Hall–Kier alpha value is -2.33. The minimum Gasteiger partial charge on any atom is -0.497 e. The minimum absolute atomic E-state index is 0.103. The molecule has 0 fully saturated rings. The highest BCUT2D eigenvalue weighted by molar-refractivity contribution is 6.01. The summed E-state index contributed by atoms with van der Waals surface area (Å²) >= 11 is 0. The molecule has 1 atom stereocenters. The highest BCUT2D eigenvalue weighted by Gasteiger charge is 2.23. The zero-order chi connectivity index (χ0) is 16.8. The van der Waals surface area contributed by atoms with Crippen molar-refractivity contribution >= 4 is 5.78 Å². The molecule has 0 heterocycles. The third-order valence-corrected chi connectivity index (χ3v) is 3.76. The minimum atomic E-state index is -0.218. The summed E-state index contributed by atoms with van der Waals surface area (Å²) in [4.78, 5) is 15.0. The highest BCUT2D eigenvalue weighted by atomic mass is 16.5. The van der Waals surface area contributed by atoms with Crippen molar-refractivity contribution in [1.29, 1.82) is 0 Å². The molecule has 0 aliphatic heterocycles. The van der Waals surface area contributed by atoms with Crippen LogP contribution in [0.15, 0.2) is 48.5 Å². The van der Waals surface area contributed by atoms with Crippen molar-refractivity contribution in [2.75, 3.05) is 34.9 Å². The van der Waals surface area contributed by atoms with Crippen LogP contribution in [0, 0.1) is 0 Å². The fraction of sp³-hybridized carbons (Fsp3) is 0.316. The van der Waals surface area contributed by atoms with Gasteiger partial charge in [-0.2, -0.15) is 0 Å². The first-order chi connectivity index (χ1) is 11.0. The molecular weight excluding hydrogens is 290 g/mol. The number of carbonyl (C=O) groups excluding carboxylic acids is 1. The normalized spacial score (nSPS) is 12.0. The summed E-state index contributed by atoms with van der Waals surface area (Å²) in [6.07, 6.45) is 0. The molecule has 0 saturated carbocycles. The molecular formula is C19H23NO3. The number of methoxy groups -OCH3 is 2. The van der Waals surface area contributed by atoms with Crippen molar-refractivity contribution in [3.8, 4) is 11.5 Å². The second-order valence-corrected chi connectivity index (χ2v) is 5.68. The smallest absolute Gasteiger partial charge is 0.171 e. The van der Waals surface area contributed by atoms with Crippen molar-refractivity contribution in [3.05, 3.63) is 59.7 Å². The van der Waals surface area contributed by atoms with Gasteiger partial charge in [-0.25, -0.2) is 0 Å². The first-order valence-electron chi connectivity index (χ1n) is 7.52. The number of hydrogen-bond donors (Lipinski definition) is 0. The largest absolute Gasteiger partial charge is 0.497 e. The Morgan fingerprint density at radius 2 is 1.39 bits per heavy atom. The Balaban J connectivity index is 2.30. The zero-order valence-corrected chi connectivity index (χ0v) is 14.1. The van der Waals surface area contributed by atoms with Gasteiger partial charge in [0, 0.05) is 12.1 Å². The van der Waals surface area contributed by atoms with Crippen LogP contribution in [0.3, 0.4) is 0 Å². The summed E-state index contributed by atoms with van der Waals surface area (Å²) in [5.41, 5.74) is 1.67. The van der Waals surface area contributed by atoms with E-state index in [1.165, 1.54) is 0 Å². The third kappa shape index (κ3) is 4.33. The van der Waals surface area contributed by atoms with E-state index in [2.05, 4.69) is 0 Å². The van der Waals surface area contributed by atoms with Crippen molar-refractivity contribution in [1.82, 2.24) is 4.90 Å². The first-order valence-corrected chi connectivity index (χ1v) is 7.52. The number of likely N-dealkylation sites (N-methyl/N-ethyl adjacent to an activating group) is 1. The summed E-state index contributed by atoms with van der Waals surface area (Å²) in [6.45, 7) is 0.650. The van der Waals surface area contributed by atoms with E-state index < -0.39 is 0 Å². The lowest BCUT2D eigenvalue weighted by Crippen LogP contribution is -2.26. The Morgan fingerprint density at radius 1 is 0.913 bits per heavy atom. The molecule has 122 valence electrons. The maximum absolute atomic E-state index is 12.9. The SMILES string of the molecule is COc1ccc(C(=O)[C@@H](CN(C)C)c2ccc(OC)cc2)cc1. The van der Waals surface area contributed by atoms with E-state index >= 15 is 0 Å². The van der Waals surface area contributed by atoms with Gasteiger partial charge in [0.05, 0.1) is 20.1 Å². The standard InChI is InChI=1S/C19H23NO3/c1-20(2)13-18(14-5-9-16(22-3)10-6-14)19(21)15-7-11-17(23-4)12-8-15/h5-12,18H,13H2,1-4H3/t18-/m0/s1. The van der Waals surface area contributed by atoms with Crippen molar-refractivity contribution in [2.24, 2.45) is 0 Å². The van der Waals surface area contributed by atoms with Gasteiger partial charge in [-0.1, -0.05) is 12.1 Å². The van der Waals surface area contributed by atoms with Crippen LogP contribution in [-0.4, -0.2) is 45.5 Å². The summed E-state index contributed by atoms with van der Waals surface area (Å²) in [6, 6.07) is 14.9. The number of nitrogens with zero attached hydrogens (tertiary/aromatic N) is 1. The monoisotopic (exact) mass is 313 g/mol. The van der Waals surface area contributed by atoms with Crippen LogP contribution in [0.5, 0.6) is 11.5 Å². The van der Waals surface area contributed by atoms with Crippen LogP contribution < -0.4 is 9.47 Å². The molecule has 0 N–H and O–H groups in total. The lowest BCUT2D eigenvalue weighted by atomic mass is 9.90. The summed E-state index contributed by atoms with van der Waals surface area (Å²) in [5.74, 6) is 1.42. The zero-order valence-electron chi connectivity index (χ0n) is 14.1. The predicted molar refractivity (Wildman–Crippen MR) is 91.6 cm³/mol. The maximum Gasteiger partial charge on any atom is 0.171 e. The Bertz CT molecular complexity index is 633. The molecule has 0 spiro atoms. The molecule has 4 nitrogen and oxygen atoms in total. The fourth-order valence-electron chi connectivity index (χ4n) is 2.50. The second-order valence-electron chi connectivity index (χ2n) is 5.68. The van der Waals surface area contributed by atoms with Gasteiger partial charge < -0.3 is 14.4 Å². The number of benzene rings is 2. The number of ether oxygens (including phenoxy) is 2. The lowest BCUT2D eigenvalue weighted by Gasteiger charge is -2.21.